The third kappa shape index (κ3) is 2.32. The molecule has 3 aromatic rings. The largest absolute Gasteiger partial charge is 0.383 e. The van der Waals surface area contributed by atoms with E-state index in [1.165, 1.54) is 11.3 Å². The van der Waals surface area contributed by atoms with Crippen molar-refractivity contribution in [3.63, 3.8) is 0 Å². The number of thiazole rings is 1. The second kappa shape index (κ2) is 4.85. The topological polar surface area (TPSA) is 67.6 Å². The summed E-state index contributed by atoms with van der Waals surface area (Å²) in [5.74, 6) is 0.503. The van der Waals surface area contributed by atoms with E-state index in [-0.39, 0.29) is 0 Å². The molecule has 0 spiro atoms. The SMILES string of the molecule is Nc1[nH]ncc1-c1nc(-c2ccc(Cl)cc2Cl)cs1. The molecule has 0 amide bonds. The van der Waals surface area contributed by atoms with Crippen LogP contribution in [0.15, 0.2) is 29.8 Å². The van der Waals surface area contributed by atoms with Crippen LogP contribution in [0.2, 0.25) is 10.0 Å². The Bertz CT molecular complexity index is 735. The van der Waals surface area contributed by atoms with Crippen molar-refractivity contribution in [1.29, 1.82) is 0 Å². The molecule has 19 heavy (non-hydrogen) atoms. The Morgan fingerprint density at radius 2 is 2.05 bits per heavy atom. The summed E-state index contributed by atoms with van der Waals surface area (Å²) in [7, 11) is 0. The molecule has 7 heteroatoms. The first kappa shape index (κ1) is 12.5. The summed E-state index contributed by atoms with van der Waals surface area (Å²) in [6, 6.07) is 5.33. The van der Waals surface area contributed by atoms with Crippen molar-refractivity contribution in [3.8, 4) is 21.8 Å². The number of hydrogen-bond donors (Lipinski definition) is 2. The molecular weight excluding hydrogens is 303 g/mol. The zero-order valence-electron chi connectivity index (χ0n) is 9.52. The first-order valence-corrected chi connectivity index (χ1v) is 6.99. The normalized spacial score (nSPS) is 10.8. The molecule has 0 saturated carbocycles. The fraction of sp³-hybridized carbons (Fsp3) is 0. The molecular formula is C12H8Cl2N4S. The molecule has 0 aliphatic rings. The maximum absolute atomic E-state index is 6.17. The van der Waals surface area contributed by atoms with Gasteiger partial charge in [-0.15, -0.1) is 11.3 Å². The van der Waals surface area contributed by atoms with Gasteiger partial charge in [-0.05, 0) is 18.2 Å². The monoisotopic (exact) mass is 310 g/mol. The Morgan fingerprint density at radius 1 is 1.21 bits per heavy atom. The van der Waals surface area contributed by atoms with Crippen LogP contribution in [0.25, 0.3) is 21.8 Å². The standard InChI is InChI=1S/C12H8Cl2N4S/c13-6-1-2-7(9(14)3-6)10-5-19-12(17-10)8-4-16-18-11(8)15/h1-5H,(H3,15,16,18). The van der Waals surface area contributed by atoms with E-state index in [9.17, 15) is 0 Å². The van der Waals surface area contributed by atoms with Gasteiger partial charge < -0.3 is 5.73 Å². The summed E-state index contributed by atoms with van der Waals surface area (Å²) >= 11 is 13.5. The van der Waals surface area contributed by atoms with Crippen LogP contribution in [-0.2, 0) is 0 Å². The van der Waals surface area contributed by atoms with Crippen molar-refractivity contribution in [1.82, 2.24) is 15.2 Å². The number of nitrogens with zero attached hydrogens (tertiary/aromatic N) is 2. The van der Waals surface area contributed by atoms with Gasteiger partial charge in [0.2, 0.25) is 0 Å². The minimum absolute atomic E-state index is 0.503. The molecule has 0 radical (unpaired) electrons. The smallest absolute Gasteiger partial charge is 0.129 e. The summed E-state index contributed by atoms with van der Waals surface area (Å²) in [6.07, 6.45) is 1.65. The Labute approximate surface area is 123 Å². The molecule has 0 atom stereocenters. The fourth-order valence-corrected chi connectivity index (χ4v) is 3.03. The molecule has 3 N–H and O–H groups in total. The number of aromatic amines is 1. The van der Waals surface area contributed by atoms with E-state index in [1.807, 2.05) is 11.4 Å². The fourth-order valence-electron chi connectivity index (χ4n) is 1.68. The summed E-state index contributed by atoms with van der Waals surface area (Å²) in [6.45, 7) is 0. The van der Waals surface area contributed by atoms with Gasteiger partial charge in [0.05, 0.1) is 22.5 Å². The van der Waals surface area contributed by atoms with E-state index in [0.717, 1.165) is 21.8 Å². The number of nitrogens with two attached hydrogens (primary N) is 1. The van der Waals surface area contributed by atoms with Gasteiger partial charge in [0.1, 0.15) is 10.8 Å². The lowest BCUT2D eigenvalue weighted by atomic mass is 10.2. The molecule has 1 aromatic carbocycles. The third-order valence-electron chi connectivity index (χ3n) is 2.61. The van der Waals surface area contributed by atoms with Gasteiger partial charge in [-0.25, -0.2) is 4.98 Å². The number of aromatic nitrogens is 3. The lowest BCUT2D eigenvalue weighted by Crippen LogP contribution is -1.87. The van der Waals surface area contributed by atoms with Crippen molar-refractivity contribution in [2.45, 2.75) is 0 Å². The van der Waals surface area contributed by atoms with E-state index < -0.39 is 0 Å². The van der Waals surface area contributed by atoms with E-state index in [1.54, 1.807) is 18.3 Å². The maximum atomic E-state index is 6.17. The van der Waals surface area contributed by atoms with Crippen molar-refractivity contribution < 1.29 is 0 Å². The predicted octanol–water partition coefficient (Wildman–Crippen LogP) is 4.09. The van der Waals surface area contributed by atoms with Gasteiger partial charge in [0, 0.05) is 16.0 Å². The summed E-state index contributed by atoms with van der Waals surface area (Å²) < 4.78 is 0. The minimum atomic E-state index is 0.503. The molecule has 0 unspecified atom stereocenters. The Hall–Kier alpha value is -1.56. The quantitative estimate of drug-likeness (QED) is 0.749. The van der Waals surface area contributed by atoms with Crippen LogP contribution in [0.5, 0.6) is 0 Å². The maximum Gasteiger partial charge on any atom is 0.129 e. The molecule has 2 aromatic heterocycles. The Balaban J connectivity index is 2.04. The summed E-state index contributed by atoms with van der Waals surface area (Å²) in [4.78, 5) is 4.53. The van der Waals surface area contributed by atoms with Gasteiger partial charge in [0.15, 0.2) is 0 Å². The Morgan fingerprint density at radius 3 is 2.74 bits per heavy atom. The second-order valence-corrected chi connectivity index (χ2v) is 5.56. The van der Waals surface area contributed by atoms with Crippen LogP contribution >= 0.6 is 34.5 Å². The number of nitrogens with one attached hydrogen (secondary N) is 1. The molecule has 4 nitrogen and oxygen atoms in total. The van der Waals surface area contributed by atoms with Gasteiger partial charge in [-0.3, -0.25) is 5.10 Å². The summed E-state index contributed by atoms with van der Waals surface area (Å²) in [5.41, 5.74) is 8.21. The molecule has 0 fully saturated rings. The highest BCUT2D eigenvalue weighted by Gasteiger charge is 2.12. The average molecular weight is 311 g/mol. The van der Waals surface area contributed by atoms with Crippen molar-refractivity contribution >= 4 is 40.4 Å². The molecule has 0 aliphatic carbocycles. The lowest BCUT2D eigenvalue weighted by Gasteiger charge is -2.00. The lowest BCUT2D eigenvalue weighted by molar-refractivity contribution is 1.10. The average Bonchev–Trinajstić information content (AvgIpc) is 2.97. The Kier molecular flexibility index (Phi) is 3.18. The zero-order valence-corrected chi connectivity index (χ0v) is 11.9. The van der Waals surface area contributed by atoms with Crippen LogP contribution in [0.4, 0.5) is 5.82 Å². The molecule has 96 valence electrons. The van der Waals surface area contributed by atoms with Crippen LogP contribution in [0.3, 0.4) is 0 Å². The van der Waals surface area contributed by atoms with E-state index >= 15 is 0 Å². The first-order chi connectivity index (χ1) is 9.15. The zero-order chi connectivity index (χ0) is 13.4. The summed E-state index contributed by atoms with van der Waals surface area (Å²) in [5, 5.41) is 10.5. The molecule has 2 heterocycles. The second-order valence-electron chi connectivity index (χ2n) is 3.86. The number of hydrogen-bond acceptors (Lipinski definition) is 4. The molecule has 0 saturated heterocycles. The number of H-pyrrole nitrogens is 1. The van der Waals surface area contributed by atoms with Crippen molar-refractivity contribution in [2.24, 2.45) is 0 Å². The van der Waals surface area contributed by atoms with Crippen LogP contribution in [-0.4, -0.2) is 15.2 Å². The van der Waals surface area contributed by atoms with Crippen LogP contribution < -0.4 is 5.73 Å². The van der Waals surface area contributed by atoms with Gasteiger partial charge >= 0.3 is 0 Å². The van der Waals surface area contributed by atoms with Gasteiger partial charge in [-0.1, -0.05) is 23.2 Å². The highest BCUT2D eigenvalue weighted by atomic mass is 35.5. The minimum Gasteiger partial charge on any atom is -0.383 e. The van der Waals surface area contributed by atoms with E-state index in [2.05, 4.69) is 15.2 Å². The predicted molar refractivity (Wildman–Crippen MR) is 79.6 cm³/mol. The van der Waals surface area contributed by atoms with E-state index in [0.29, 0.717) is 15.9 Å². The highest BCUT2D eigenvalue weighted by Crippen LogP contribution is 2.34. The molecule has 0 aliphatic heterocycles. The number of nitrogen functional groups attached to an aromatic ring is 1. The molecule has 3 rings (SSSR count). The highest BCUT2D eigenvalue weighted by molar-refractivity contribution is 7.13. The van der Waals surface area contributed by atoms with Crippen molar-refractivity contribution in [2.75, 3.05) is 5.73 Å². The molecule has 0 bridgehead atoms. The van der Waals surface area contributed by atoms with Crippen LogP contribution in [0, 0.1) is 0 Å². The number of rotatable bonds is 2. The van der Waals surface area contributed by atoms with Crippen LogP contribution in [0.1, 0.15) is 0 Å². The first-order valence-electron chi connectivity index (χ1n) is 5.35. The third-order valence-corrected chi connectivity index (χ3v) is 4.03. The van der Waals surface area contributed by atoms with E-state index in [4.69, 9.17) is 28.9 Å². The van der Waals surface area contributed by atoms with Crippen molar-refractivity contribution in [3.05, 3.63) is 39.8 Å². The number of anilines is 1. The van der Waals surface area contributed by atoms with Gasteiger partial charge in [-0.2, -0.15) is 5.10 Å². The number of benzene rings is 1. The van der Waals surface area contributed by atoms with Gasteiger partial charge in [0.25, 0.3) is 0 Å². The number of halogens is 2.